The fourth-order valence-electron chi connectivity index (χ4n) is 0.972. The number of carboxylic acids is 1. The third-order valence-corrected chi connectivity index (χ3v) is 1.54. The molecule has 82 valence electrons. The van der Waals surface area contributed by atoms with Crippen molar-refractivity contribution in [2.75, 3.05) is 0 Å². The van der Waals surface area contributed by atoms with Crippen molar-refractivity contribution < 1.29 is 19.4 Å². The van der Waals surface area contributed by atoms with Gasteiger partial charge in [-0.25, -0.2) is 9.59 Å². The minimum absolute atomic E-state index is 0.0316. The van der Waals surface area contributed by atoms with E-state index < -0.39 is 17.5 Å². The molecular formula is C10H13NO4. The number of hydrogen-bond acceptors (Lipinski definition) is 3. The Kier molecular flexibility index (Phi) is 2.83. The number of carbonyl (C=O) groups excluding carboxylic acids is 1. The minimum Gasteiger partial charge on any atom is -0.477 e. The van der Waals surface area contributed by atoms with Crippen LogP contribution in [0.4, 0.5) is 0 Å². The average Bonchev–Trinajstić information content (AvgIpc) is 2.47. The van der Waals surface area contributed by atoms with Crippen molar-refractivity contribution in [1.82, 2.24) is 4.98 Å². The van der Waals surface area contributed by atoms with Gasteiger partial charge in [0.25, 0.3) is 0 Å². The zero-order valence-electron chi connectivity index (χ0n) is 8.83. The summed E-state index contributed by atoms with van der Waals surface area (Å²) in [4.78, 5) is 24.4. The summed E-state index contributed by atoms with van der Waals surface area (Å²) in [5.41, 5.74) is -0.482. The number of carboxylic acid groups (broad SMARTS) is 1. The van der Waals surface area contributed by atoms with Crippen LogP contribution in [0.15, 0.2) is 12.1 Å². The van der Waals surface area contributed by atoms with Gasteiger partial charge in [-0.2, -0.15) is 0 Å². The van der Waals surface area contributed by atoms with Gasteiger partial charge >= 0.3 is 11.9 Å². The van der Waals surface area contributed by atoms with Crippen LogP contribution in [-0.2, 0) is 4.74 Å². The molecule has 0 aliphatic rings. The molecule has 1 aromatic rings. The molecule has 5 heteroatoms. The van der Waals surface area contributed by atoms with Crippen LogP contribution < -0.4 is 0 Å². The maximum Gasteiger partial charge on any atom is 0.355 e. The summed E-state index contributed by atoms with van der Waals surface area (Å²) < 4.78 is 5.05. The molecule has 0 fully saturated rings. The van der Waals surface area contributed by atoms with Gasteiger partial charge < -0.3 is 14.8 Å². The summed E-state index contributed by atoms with van der Waals surface area (Å²) in [7, 11) is 0. The zero-order valence-corrected chi connectivity index (χ0v) is 8.83. The smallest absolute Gasteiger partial charge is 0.355 e. The second kappa shape index (κ2) is 3.76. The molecule has 1 rings (SSSR count). The SMILES string of the molecule is CC(C)(C)OC(=O)c1ccc(C(=O)O)[nH]1. The van der Waals surface area contributed by atoms with Crippen LogP contribution in [0.25, 0.3) is 0 Å². The number of aromatic carboxylic acids is 1. The molecule has 0 bridgehead atoms. The van der Waals surface area contributed by atoms with E-state index in [0.717, 1.165) is 0 Å². The highest BCUT2D eigenvalue weighted by Gasteiger charge is 2.19. The minimum atomic E-state index is -1.11. The summed E-state index contributed by atoms with van der Waals surface area (Å²) in [6.45, 7) is 5.23. The maximum absolute atomic E-state index is 11.4. The highest BCUT2D eigenvalue weighted by atomic mass is 16.6. The van der Waals surface area contributed by atoms with Crippen molar-refractivity contribution in [3.8, 4) is 0 Å². The van der Waals surface area contributed by atoms with Gasteiger partial charge in [-0.1, -0.05) is 0 Å². The topological polar surface area (TPSA) is 79.4 Å². The Labute approximate surface area is 87.1 Å². The lowest BCUT2D eigenvalue weighted by molar-refractivity contribution is 0.00636. The van der Waals surface area contributed by atoms with Crippen LogP contribution in [0.3, 0.4) is 0 Å². The number of aromatic amines is 1. The number of esters is 1. The van der Waals surface area contributed by atoms with Gasteiger partial charge in [-0.15, -0.1) is 0 Å². The first-order chi connectivity index (χ1) is 6.79. The Morgan fingerprint density at radius 2 is 1.80 bits per heavy atom. The normalized spacial score (nSPS) is 11.1. The highest BCUT2D eigenvalue weighted by Crippen LogP contribution is 2.11. The molecule has 0 unspecified atom stereocenters. The third kappa shape index (κ3) is 3.12. The van der Waals surface area contributed by atoms with Gasteiger partial charge in [0.2, 0.25) is 0 Å². The van der Waals surface area contributed by atoms with Gasteiger partial charge in [0.05, 0.1) is 0 Å². The monoisotopic (exact) mass is 211 g/mol. The van der Waals surface area contributed by atoms with E-state index in [1.165, 1.54) is 12.1 Å². The standard InChI is InChI=1S/C10H13NO4/c1-10(2,3)15-9(14)7-5-4-6(11-7)8(12)13/h4-5,11H,1-3H3,(H,12,13). The molecule has 0 atom stereocenters. The molecule has 1 heterocycles. The van der Waals surface area contributed by atoms with Crippen LogP contribution in [-0.4, -0.2) is 27.6 Å². The fourth-order valence-corrected chi connectivity index (χ4v) is 0.972. The summed E-state index contributed by atoms with van der Waals surface area (Å²) >= 11 is 0. The number of carbonyl (C=O) groups is 2. The Morgan fingerprint density at radius 1 is 1.27 bits per heavy atom. The molecule has 1 aromatic heterocycles. The predicted octanol–water partition coefficient (Wildman–Crippen LogP) is 1.67. The van der Waals surface area contributed by atoms with Gasteiger partial charge in [0.15, 0.2) is 0 Å². The number of ether oxygens (including phenoxy) is 1. The zero-order chi connectivity index (χ0) is 11.6. The number of nitrogens with one attached hydrogen (secondary N) is 1. The van der Waals surface area contributed by atoms with Crippen molar-refractivity contribution >= 4 is 11.9 Å². The fraction of sp³-hybridized carbons (Fsp3) is 0.400. The van der Waals surface area contributed by atoms with E-state index in [1.54, 1.807) is 20.8 Å². The van der Waals surface area contributed by atoms with E-state index >= 15 is 0 Å². The Balaban J connectivity index is 2.79. The lowest BCUT2D eigenvalue weighted by Crippen LogP contribution is -2.24. The molecule has 5 nitrogen and oxygen atoms in total. The first-order valence-electron chi connectivity index (χ1n) is 4.45. The van der Waals surface area contributed by atoms with Crippen LogP contribution >= 0.6 is 0 Å². The molecule has 0 saturated carbocycles. The van der Waals surface area contributed by atoms with Gasteiger partial charge in [0.1, 0.15) is 17.0 Å². The summed E-state index contributed by atoms with van der Waals surface area (Å²) in [5.74, 6) is -1.67. The van der Waals surface area contributed by atoms with Gasteiger partial charge in [0, 0.05) is 0 Å². The average molecular weight is 211 g/mol. The van der Waals surface area contributed by atoms with E-state index in [2.05, 4.69) is 4.98 Å². The Morgan fingerprint density at radius 3 is 2.20 bits per heavy atom. The van der Waals surface area contributed by atoms with Crippen molar-refractivity contribution in [2.45, 2.75) is 26.4 Å². The second-order valence-electron chi connectivity index (χ2n) is 4.09. The number of H-pyrrole nitrogens is 1. The number of rotatable bonds is 2. The van der Waals surface area contributed by atoms with Crippen molar-refractivity contribution in [3.05, 3.63) is 23.5 Å². The summed E-state index contributed by atoms with van der Waals surface area (Å²) in [6.07, 6.45) is 0. The molecule has 0 saturated heterocycles. The number of aromatic nitrogens is 1. The van der Waals surface area contributed by atoms with Crippen LogP contribution in [0.2, 0.25) is 0 Å². The molecule has 0 aliphatic heterocycles. The third-order valence-electron chi connectivity index (χ3n) is 1.54. The first-order valence-corrected chi connectivity index (χ1v) is 4.45. The van der Waals surface area contributed by atoms with Gasteiger partial charge in [-0.3, -0.25) is 0 Å². The highest BCUT2D eigenvalue weighted by molar-refractivity contribution is 5.92. The van der Waals surface area contributed by atoms with Crippen LogP contribution in [0.5, 0.6) is 0 Å². The molecule has 0 aromatic carbocycles. The van der Waals surface area contributed by atoms with Gasteiger partial charge in [-0.05, 0) is 32.9 Å². The molecule has 15 heavy (non-hydrogen) atoms. The molecule has 0 spiro atoms. The lowest BCUT2D eigenvalue weighted by Gasteiger charge is -2.18. The molecular weight excluding hydrogens is 198 g/mol. The largest absolute Gasteiger partial charge is 0.477 e. The maximum atomic E-state index is 11.4. The number of hydrogen-bond donors (Lipinski definition) is 2. The molecule has 0 amide bonds. The first kappa shape index (κ1) is 11.3. The Hall–Kier alpha value is -1.78. The van der Waals surface area contributed by atoms with E-state index in [4.69, 9.17) is 9.84 Å². The molecule has 0 aliphatic carbocycles. The van der Waals surface area contributed by atoms with E-state index in [9.17, 15) is 9.59 Å². The predicted molar refractivity (Wildman–Crippen MR) is 52.9 cm³/mol. The van der Waals surface area contributed by atoms with E-state index in [1.807, 2.05) is 0 Å². The van der Waals surface area contributed by atoms with E-state index in [-0.39, 0.29) is 11.4 Å². The summed E-state index contributed by atoms with van der Waals surface area (Å²) in [5, 5.41) is 8.63. The summed E-state index contributed by atoms with van der Waals surface area (Å²) in [6, 6.07) is 2.71. The van der Waals surface area contributed by atoms with Crippen molar-refractivity contribution in [3.63, 3.8) is 0 Å². The quantitative estimate of drug-likeness (QED) is 0.729. The Bertz CT molecular complexity index is 386. The molecule has 0 radical (unpaired) electrons. The molecule has 2 N–H and O–H groups in total. The van der Waals surface area contributed by atoms with E-state index in [0.29, 0.717) is 0 Å². The second-order valence-corrected chi connectivity index (χ2v) is 4.09. The van der Waals surface area contributed by atoms with Crippen molar-refractivity contribution in [1.29, 1.82) is 0 Å². The van der Waals surface area contributed by atoms with Crippen molar-refractivity contribution in [2.24, 2.45) is 0 Å². The lowest BCUT2D eigenvalue weighted by atomic mass is 10.2. The van der Waals surface area contributed by atoms with Crippen LogP contribution in [0.1, 0.15) is 41.7 Å². The van der Waals surface area contributed by atoms with Crippen LogP contribution in [0, 0.1) is 0 Å².